The molecular formula is C12H27N3. The van der Waals surface area contributed by atoms with Gasteiger partial charge in [-0.05, 0) is 24.9 Å². The number of hydrogen-bond donors (Lipinski definition) is 2. The smallest absolute Gasteiger partial charge is 0.0107 e. The predicted molar refractivity (Wildman–Crippen MR) is 66.2 cm³/mol. The maximum Gasteiger partial charge on any atom is 0.0107 e. The average molecular weight is 213 g/mol. The number of rotatable bonds is 6. The van der Waals surface area contributed by atoms with E-state index in [1.807, 2.05) is 0 Å². The topological polar surface area (TPSA) is 27.3 Å². The van der Waals surface area contributed by atoms with Gasteiger partial charge in [-0.25, -0.2) is 0 Å². The third-order valence-corrected chi connectivity index (χ3v) is 2.82. The van der Waals surface area contributed by atoms with Crippen LogP contribution < -0.4 is 10.6 Å². The lowest BCUT2D eigenvalue weighted by atomic mass is 10.1. The molecule has 1 unspecified atom stereocenters. The highest BCUT2D eigenvalue weighted by Gasteiger charge is 2.12. The fourth-order valence-electron chi connectivity index (χ4n) is 2.02. The van der Waals surface area contributed by atoms with Crippen molar-refractivity contribution >= 4 is 0 Å². The summed E-state index contributed by atoms with van der Waals surface area (Å²) < 4.78 is 0. The van der Waals surface area contributed by atoms with Crippen LogP contribution >= 0.6 is 0 Å². The van der Waals surface area contributed by atoms with Gasteiger partial charge in [-0.15, -0.1) is 0 Å². The summed E-state index contributed by atoms with van der Waals surface area (Å²) in [5.74, 6) is 1.53. The van der Waals surface area contributed by atoms with Gasteiger partial charge in [0.15, 0.2) is 0 Å². The standard InChI is InChI=1S/C12H27N3/c1-11(2)8-14-9-12(3)10-15-6-4-13-5-7-15/h11-14H,4-10H2,1-3H3. The lowest BCUT2D eigenvalue weighted by Gasteiger charge is -2.29. The molecule has 0 amide bonds. The van der Waals surface area contributed by atoms with Crippen LogP contribution in [0.5, 0.6) is 0 Å². The molecule has 1 atom stereocenters. The Kier molecular flexibility index (Phi) is 6.22. The predicted octanol–water partition coefficient (Wildman–Crippen LogP) is 0.773. The Bertz CT molecular complexity index is 153. The van der Waals surface area contributed by atoms with Gasteiger partial charge in [-0.3, -0.25) is 0 Å². The molecule has 2 N–H and O–H groups in total. The number of nitrogens with one attached hydrogen (secondary N) is 2. The molecule has 0 bridgehead atoms. The first-order valence-corrected chi connectivity index (χ1v) is 6.32. The lowest BCUT2D eigenvalue weighted by molar-refractivity contribution is 0.209. The Morgan fingerprint density at radius 1 is 1.13 bits per heavy atom. The molecule has 3 nitrogen and oxygen atoms in total. The zero-order valence-electron chi connectivity index (χ0n) is 10.6. The van der Waals surface area contributed by atoms with Gasteiger partial charge in [0, 0.05) is 32.7 Å². The molecule has 3 heteroatoms. The quantitative estimate of drug-likeness (QED) is 0.682. The fourth-order valence-corrected chi connectivity index (χ4v) is 2.02. The monoisotopic (exact) mass is 213 g/mol. The van der Waals surface area contributed by atoms with E-state index in [4.69, 9.17) is 0 Å². The molecule has 0 radical (unpaired) electrons. The molecule has 1 heterocycles. The highest BCUT2D eigenvalue weighted by Crippen LogP contribution is 2.00. The zero-order valence-corrected chi connectivity index (χ0v) is 10.6. The molecule has 1 rings (SSSR count). The summed E-state index contributed by atoms with van der Waals surface area (Å²) in [5.41, 5.74) is 0. The van der Waals surface area contributed by atoms with Crippen LogP contribution in [0.3, 0.4) is 0 Å². The molecule has 0 saturated carbocycles. The second kappa shape index (κ2) is 7.20. The van der Waals surface area contributed by atoms with E-state index in [1.54, 1.807) is 0 Å². The van der Waals surface area contributed by atoms with Crippen LogP contribution in [0.25, 0.3) is 0 Å². The Morgan fingerprint density at radius 3 is 2.40 bits per heavy atom. The van der Waals surface area contributed by atoms with E-state index in [1.165, 1.54) is 19.6 Å². The van der Waals surface area contributed by atoms with E-state index < -0.39 is 0 Å². The van der Waals surface area contributed by atoms with Crippen molar-refractivity contribution in [3.8, 4) is 0 Å². The SMILES string of the molecule is CC(C)CNCC(C)CN1CCNCC1. The summed E-state index contributed by atoms with van der Waals surface area (Å²) in [7, 11) is 0. The van der Waals surface area contributed by atoms with Gasteiger partial charge in [-0.1, -0.05) is 20.8 Å². The second-order valence-electron chi connectivity index (χ2n) is 5.21. The maximum atomic E-state index is 3.53. The van der Waals surface area contributed by atoms with Crippen LogP contribution in [0.15, 0.2) is 0 Å². The van der Waals surface area contributed by atoms with Crippen LogP contribution in [0.2, 0.25) is 0 Å². The summed E-state index contributed by atoms with van der Waals surface area (Å²) >= 11 is 0. The third kappa shape index (κ3) is 6.13. The molecular weight excluding hydrogens is 186 g/mol. The Labute approximate surface area is 94.6 Å². The zero-order chi connectivity index (χ0) is 11.1. The van der Waals surface area contributed by atoms with Crippen molar-refractivity contribution in [3.63, 3.8) is 0 Å². The van der Waals surface area contributed by atoms with E-state index >= 15 is 0 Å². The summed E-state index contributed by atoms with van der Waals surface area (Å²) in [4.78, 5) is 2.57. The van der Waals surface area contributed by atoms with Crippen molar-refractivity contribution in [2.24, 2.45) is 11.8 Å². The second-order valence-corrected chi connectivity index (χ2v) is 5.21. The molecule has 90 valence electrons. The van der Waals surface area contributed by atoms with Crippen molar-refractivity contribution in [1.82, 2.24) is 15.5 Å². The first-order valence-electron chi connectivity index (χ1n) is 6.32. The van der Waals surface area contributed by atoms with Crippen LogP contribution in [0.1, 0.15) is 20.8 Å². The minimum absolute atomic E-state index is 0.761. The highest BCUT2D eigenvalue weighted by molar-refractivity contribution is 4.70. The van der Waals surface area contributed by atoms with E-state index in [0.717, 1.165) is 38.0 Å². The molecule has 0 spiro atoms. The van der Waals surface area contributed by atoms with Gasteiger partial charge in [0.2, 0.25) is 0 Å². The fraction of sp³-hybridized carbons (Fsp3) is 1.00. The third-order valence-electron chi connectivity index (χ3n) is 2.82. The van der Waals surface area contributed by atoms with Crippen molar-refractivity contribution in [2.45, 2.75) is 20.8 Å². The van der Waals surface area contributed by atoms with Gasteiger partial charge in [-0.2, -0.15) is 0 Å². The Morgan fingerprint density at radius 2 is 1.80 bits per heavy atom. The molecule has 1 fully saturated rings. The number of hydrogen-bond acceptors (Lipinski definition) is 3. The largest absolute Gasteiger partial charge is 0.316 e. The molecule has 0 aliphatic carbocycles. The van der Waals surface area contributed by atoms with Crippen LogP contribution in [0.4, 0.5) is 0 Å². The van der Waals surface area contributed by atoms with Crippen LogP contribution in [0, 0.1) is 11.8 Å². The first-order chi connectivity index (χ1) is 7.18. The molecule has 0 aromatic rings. The number of piperazine rings is 1. The van der Waals surface area contributed by atoms with Gasteiger partial charge >= 0.3 is 0 Å². The maximum absolute atomic E-state index is 3.53. The Hall–Kier alpha value is -0.120. The Balaban J connectivity index is 2.03. The van der Waals surface area contributed by atoms with Gasteiger partial charge in [0.05, 0.1) is 0 Å². The summed E-state index contributed by atoms with van der Waals surface area (Å²) in [6.07, 6.45) is 0. The van der Waals surface area contributed by atoms with Crippen LogP contribution in [-0.2, 0) is 0 Å². The molecule has 1 aliphatic heterocycles. The minimum Gasteiger partial charge on any atom is -0.316 e. The van der Waals surface area contributed by atoms with E-state index in [-0.39, 0.29) is 0 Å². The molecule has 0 aromatic heterocycles. The van der Waals surface area contributed by atoms with Crippen molar-refractivity contribution < 1.29 is 0 Å². The van der Waals surface area contributed by atoms with Crippen molar-refractivity contribution in [1.29, 1.82) is 0 Å². The van der Waals surface area contributed by atoms with E-state index in [2.05, 4.69) is 36.3 Å². The van der Waals surface area contributed by atoms with Crippen molar-refractivity contribution in [3.05, 3.63) is 0 Å². The van der Waals surface area contributed by atoms with Crippen LogP contribution in [-0.4, -0.2) is 50.7 Å². The lowest BCUT2D eigenvalue weighted by Crippen LogP contribution is -2.46. The molecule has 15 heavy (non-hydrogen) atoms. The summed E-state index contributed by atoms with van der Waals surface area (Å²) in [6, 6.07) is 0. The summed E-state index contributed by atoms with van der Waals surface area (Å²) in [5, 5.41) is 6.92. The van der Waals surface area contributed by atoms with Gasteiger partial charge in [0.25, 0.3) is 0 Å². The van der Waals surface area contributed by atoms with E-state index in [9.17, 15) is 0 Å². The highest BCUT2D eigenvalue weighted by atomic mass is 15.2. The number of nitrogens with zero attached hydrogens (tertiary/aromatic N) is 1. The van der Waals surface area contributed by atoms with Gasteiger partial charge < -0.3 is 15.5 Å². The average Bonchev–Trinajstić information content (AvgIpc) is 2.18. The molecule has 1 saturated heterocycles. The van der Waals surface area contributed by atoms with Crippen molar-refractivity contribution in [2.75, 3.05) is 45.8 Å². The molecule has 0 aromatic carbocycles. The minimum atomic E-state index is 0.761. The normalized spacial score (nSPS) is 20.8. The summed E-state index contributed by atoms with van der Waals surface area (Å²) in [6.45, 7) is 15.2. The van der Waals surface area contributed by atoms with Gasteiger partial charge in [0.1, 0.15) is 0 Å². The van der Waals surface area contributed by atoms with E-state index in [0.29, 0.717) is 0 Å². The first kappa shape index (κ1) is 12.9. The molecule has 1 aliphatic rings.